The summed E-state index contributed by atoms with van der Waals surface area (Å²) in [6.45, 7) is 1.65. The Bertz CT molecular complexity index is 1170. The first-order valence-electron chi connectivity index (χ1n) is 11.4. The first kappa shape index (κ1) is 24.1. The number of hydrogen-bond acceptors (Lipinski definition) is 6. The van der Waals surface area contributed by atoms with Crippen molar-refractivity contribution in [3.05, 3.63) is 72.6 Å². The largest absolute Gasteiger partial charge is 0.445 e. The molecule has 4 rings (SSSR count). The molecule has 1 fully saturated rings. The molecule has 1 saturated carbocycles. The molecule has 0 bridgehead atoms. The van der Waals surface area contributed by atoms with Crippen LogP contribution in [0.5, 0.6) is 0 Å². The second-order valence-electron chi connectivity index (χ2n) is 8.67. The summed E-state index contributed by atoms with van der Waals surface area (Å²) in [6.07, 6.45) is 4.54. The standard InChI is InChI=1S/C25H29N3O5S/c1-17(29)23(18-5-3-2-4-6-18)27-24(30)19-7-11-21(12-8-19)28-34(31,32)22-13-9-20(10-14-22)25-26-15-16-33-25/h2-6,9-10,13-17,19,21,23,28-29H,7-8,11-12H2,1H3,(H,27,30)/t17-,19-,21-,23-/m1/s1. The van der Waals surface area contributed by atoms with Crippen molar-refractivity contribution >= 4 is 15.9 Å². The van der Waals surface area contributed by atoms with Crippen molar-refractivity contribution in [2.45, 2.75) is 55.7 Å². The van der Waals surface area contributed by atoms with Gasteiger partial charge in [0, 0.05) is 17.5 Å². The van der Waals surface area contributed by atoms with E-state index < -0.39 is 22.2 Å². The number of nitrogens with zero attached hydrogens (tertiary/aromatic N) is 1. The Balaban J connectivity index is 1.32. The van der Waals surface area contributed by atoms with Gasteiger partial charge in [0.25, 0.3) is 0 Å². The van der Waals surface area contributed by atoms with E-state index in [-0.39, 0.29) is 22.8 Å². The molecule has 1 amide bonds. The second kappa shape index (κ2) is 10.5. The highest BCUT2D eigenvalue weighted by Crippen LogP contribution is 2.28. The zero-order valence-electron chi connectivity index (χ0n) is 18.9. The Morgan fingerprint density at radius 2 is 1.74 bits per heavy atom. The number of aliphatic hydroxyl groups is 1. The molecule has 2 aromatic carbocycles. The number of sulfonamides is 1. The van der Waals surface area contributed by atoms with E-state index in [0.717, 1.165) is 5.56 Å². The molecular weight excluding hydrogens is 454 g/mol. The monoisotopic (exact) mass is 483 g/mol. The Hall–Kier alpha value is -3.01. The number of rotatable bonds is 8. The molecule has 2 atom stereocenters. The molecule has 1 aliphatic rings. The third-order valence-corrected chi connectivity index (χ3v) is 7.74. The summed E-state index contributed by atoms with van der Waals surface area (Å²) >= 11 is 0. The molecule has 0 aliphatic heterocycles. The van der Waals surface area contributed by atoms with E-state index >= 15 is 0 Å². The van der Waals surface area contributed by atoms with Gasteiger partial charge in [0.1, 0.15) is 6.26 Å². The van der Waals surface area contributed by atoms with Crippen molar-refractivity contribution in [3.8, 4) is 11.5 Å². The molecule has 0 radical (unpaired) electrons. The van der Waals surface area contributed by atoms with Crippen molar-refractivity contribution < 1.29 is 22.7 Å². The van der Waals surface area contributed by atoms with Crippen molar-refractivity contribution in [1.29, 1.82) is 0 Å². The quantitative estimate of drug-likeness (QED) is 0.451. The molecule has 1 heterocycles. The number of carbonyl (C=O) groups is 1. The van der Waals surface area contributed by atoms with Gasteiger partial charge in [0.05, 0.1) is 23.2 Å². The number of oxazole rings is 1. The maximum atomic E-state index is 12.9. The SMILES string of the molecule is C[C@@H](O)[C@@H](NC(=O)[C@H]1CC[C@H](NS(=O)(=O)c2ccc(-c3ncco3)cc2)CC1)c1ccccc1. The van der Waals surface area contributed by atoms with Gasteiger partial charge in [-0.05, 0) is 62.4 Å². The predicted molar refractivity (Wildman–Crippen MR) is 127 cm³/mol. The summed E-state index contributed by atoms with van der Waals surface area (Å²) in [5, 5.41) is 13.1. The maximum Gasteiger partial charge on any atom is 0.240 e. The van der Waals surface area contributed by atoms with Crippen LogP contribution >= 0.6 is 0 Å². The van der Waals surface area contributed by atoms with E-state index in [9.17, 15) is 18.3 Å². The highest BCUT2D eigenvalue weighted by Gasteiger charge is 2.31. The summed E-state index contributed by atoms with van der Waals surface area (Å²) in [4.78, 5) is 17.1. The van der Waals surface area contributed by atoms with Crippen LogP contribution in [0.2, 0.25) is 0 Å². The molecule has 34 heavy (non-hydrogen) atoms. The molecule has 3 aromatic rings. The van der Waals surface area contributed by atoms with E-state index in [1.165, 1.54) is 24.6 Å². The zero-order valence-corrected chi connectivity index (χ0v) is 19.7. The van der Waals surface area contributed by atoms with Gasteiger partial charge in [0.15, 0.2) is 0 Å². The van der Waals surface area contributed by atoms with Crippen LogP contribution in [0.1, 0.15) is 44.2 Å². The lowest BCUT2D eigenvalue weighted by Crippen LogP contribution is -2.43. The van der Waals surface area contributed by atoms with Gasteiger partial charge in [-0.15, -0.1) is 0 Å². The number of aliphatic hydroxyl groups excluding tert-OH is 1. The smallest absolute Gasteiger partial charge is 0.240 e. The highest BCUT2D eigenvalue weighted by atomic mass is 32.2. The van der Waals surface area contributed by atoms with Gasteiger partial charge in [0.2, 0.25) is 21.8 Å². The number of amides is 1. The van der Waals surface area contributed by atoms with Crippen LogP contribution in [0.4, 0.5) is 0 Å². The van der Waals surface area contributed by atoms with Crippen molar-refractivity contribution in [2.24, 2.45) is 5.92 Å². The highest BCUT2D eigenvalue weighted by molar-refractivity contribution is 7.89. The Morgan fingerprint density at radius 3 is 2.32 bits per heavy atom. The average Bonchev–Trinajstić information content (AvgIpc) is 3.38. The summed E-state index contributed by atoms with van der Waals surface area (Å²) in [5.41, 5.74) is 1.54. The summed E-state index contributed by atoms with van der Waals surface area (Å²) < 4.78 is 33.7. The van der Waals surface area contributed by atoms with Crippen LogP contribution in [0.25, 0.3) is 11.5 Å². The number of carbonyl (C=O) groups excluding carboxylic acids is 1. The Kier molecular flexibility index (Phi) is 7.45. The Labute approximate surface area is 199 Å². The van der Waals surface area contributed by atoms with Gasteiger partial charge >= 0.3 is 0 Å². The fraction of sp³-hybridized carbons (Fsp3) is 0.360. The molecule has 9 heteroatoms. The van der Waals surface area contributed by atoms with Gasteiger partial charge in [-0.25, -0.2) is 18.1 Å². The van der Waals surface area contributed by atoms with Gasteiger partial charge < -0.3 is 14.8 Å². The first-order valence-corrected chi connectivity index (χ1v) is 12.9. The number of hydrogen-bond donors (Lipinski definition) is 3. The van der Waals surface area contributed by atoms with Crippen LogP contribution in [-0.2, 0) is 14.8 Å². The van der Waals surface area contributed by atoms with Crippen LogP contribution in [0, 0.1) is 5.92 Å². The number of aromatic nitrogens is 1. The number of nitrogens with one attached hydrogen (secondary N) is 2. The lowest BCUT2D eigenvalue weighted by atomic mass is 9.85. The van der Waals surface area contributed by atoms with Gasteiger partial charge in [-0.2, -0.15) is 0 Å². The summed E-state index contributed by atoms with van der Waals surface area (Å²) in [7, 11) is -3.68. The molecular formula is C25H29N3O5S. The molecule has 1 aliphatic carbocycles. The summed E-state index contributed by atoms with van der Waals surface area (Å²) in [6, 6.07) is 15.0. The van der Waals surface area contributed by atoms with Crippen LogP contribution < -0.4 is 10.0 Å². The van der Waals surface area contributed by atoms with E-state index in [0.29, 0.717) is 37.1 Å². The van der Waals surface area contributed by atoms with Gasteiger partial charge in [-0.1, -0.05) is 30.3 Å². The van der Waals surface area contributed by atoms with Crippen molar-refractivity contribution in [3.63, 3.8) is 0 Å². The zero-order chi connectivity index (χ0) is 24.1. The predicted octanol–water partition coefficient (Wildman–Crippen LogP) is 3.42. The summed E-state index contributed by atoms with van der Waals surface area (Å²) in [5.74, 6) is 0.0996. The Morgan fingerprint density at radius 1 is 1.06 bits per heavy atom. The van der Waals surface area contributed by atoms with E-state index in [1.54, 1.807) is 19.1 Å². The maximum absolute atomic E-state index is 12.9. The second-order valence-corrected chi connectivity index (χ2v) is 10.4. The third kappa shape index (κ3) is 5.72. The molecule has 0 saturated heterocycles. The number of benzene rings is 2. The van der Waals surface area contributed by atoms with Crippen LogP contribution in [0.15, 0.2) is 76.4 Å². The molecule has 8 nitrogen and oxygen atoms in total. The van der Waals surface area contributed by atoms with Crippen LogP contribution in [-0.4, -0.2) is 36.6 Å². The first-order chi connectivity index (χ1) is 16.3. The van der Waals surface area contributed by atoms with E-state index in [2.05, 4.69) is 15.0 Å². The van der Waals surface area contributed by atoms with E-state index in [1.807, 2.05) is 30.3 Å². The average molecular weight is 484 g/mol. The fourth-order valence-corrected chi connectivity index (χ4v) is 5.62. The normalized spacial score (nSPS) is 20.4. The fourth-order valence-electron chi connectivity index (χ4n) is 4.32. The molecule has 180 valence electrons. The van der Waals surface area contributed by atoms with Gasteiger partial charge in [-0.3, -0.25) is 4.79 Å². The molecule has 0 spiro atoms. The minimum Gasteiger partial charge on any atom is -0.445 e. The van der Waals surface area contributed by atoms with Crippen LogP contribution in [0.3, 0.4) is 0 Å². The molecule has 1 aromatic heterocycles. The molecule has 0 unspecified atom stereocenters. The third-order valence-electron chi connectivity index (χ3n) is 6.20. The minimum atomic E-state index is -3.68. The molecule has 3 N–H and O–H groups in total. The lowest BCUT2D eigenvalue weighted by molar-refractivity contribution is -0.127. The van der Waals surface area contributed by atoms with Crippen molar-refractivity contribution in [2.75, 3.05) is 0 Å². The van der Waals surface area contributed by atoms with Crippen molar-refractivity contribution in [1.82, 2.24) is 15.0 Å². The van der Waals surface area contributed by atoms with E-state index in [4.69, 9.17) is 4.42 Å². The minimum absolute atomic E-state index is 0.113. The lowest BCUT2D eigenvalue weighted by Gasteiger charge is -2.30. The topological polar surface area (TPSA) is 122 Å².